The van der Waals surface area contributed by atoms with Gasteiger partial charge in [-0.2, -0.15) is 0 Å². The minimum atomic E-state index is 0. The first-order chi connectivity index (χ1) is 9.31. The first kappa shape index (κ1) is 19.5. The van der Waals surface area contributed by atoms with Crippen molar-refractivity contribution in [2.24, 2.45) is 0 Å². The van der Waals surface area contributed by atoms with Crippen LogP contribution in [-0.2, 0) is 0 Å². The van der Waals surface area contributed by atoms with Crippen molar-refractivity contribution in [3.8, 4) is 0 Å². The Morgan fingerprint density at radius 3 is 1.24 bits per heavy atom. The molecule has 0 saturated carbocycles. The Labute approximate surface area is 132 Å². The Bertz CT molecular complexity index is 515. The van der Waals surface area contributed by atoms with E-state index >= 15 is 0 Å². The maximum absolute atomic E-state index is 3.27. The number of rotatable bonds is 1. The number of benzene rings is 1. The standard InChI is InChI=1S/C12H19N.C7H10.CH4/c1-7-8(2)10(4)12(13-6)11(5)9(7)3;1-6-4-3-5-7(6)2;/h13H,1-6H3;4-5H,3H2,1-2H3;1H4. The van der Waals surface area contributed by atoms with Gasteiger partial charge in [-0.05, 0) is 82.7 Å². The van der Waals surface area contributed by atoms with E-state index in [-0.39, 0.29) is 7.43 Å². The van der Waals surface area contributed by atoms with Crippen LogP contribution >= 0.6 is 0 Å². The molecule has 1 aromatic carbocycles. The Kier molecular flexibility index (Phi) is 7.49. The number of hydrogen-bond acceptors (Lipinski definition) is 1. The van der Waals surface area contributed by atoms with E-state index in [4.69, 9.17) is 0 Å². The zero-order valence-corrected chi connectivity index (χ0v) is 14.4. The molecule has 21 heavy (non-hydrogen) atoms. The zero-order valence-electron chi connectivity index (χ0n) is 14.4. The van der Waals surface area contributed by atoms with Gasteiger partial charge in [0.1, 0.15) is 0 Å². The van der Waals surface area contributed by atoms with Crippen LogP contribution in [0, 0.1) is 34.6 Å². The molecule has 1 aliphatic carbocycles. The summed E-state index contributed by atoms with van der Waals surface area (Å²) < 4.78 is 0. The third-order valence-corrected chi connectivity index (χ3v) is 4.72. The van der Waals surface area contributed by atoms with Gasteiger partial charge < -0.3 is 5.32 Å². The first-order valence-electron chi connectivity index (χ1n) is 7.39. The normalized spacial score (nSPS) is 12.8. The van der Waals surface area contributed by atoms with Crippen molar-refractivity contribution in [3.05, 3.63) is 51.1 Å². The summed E-state index contributed by atoms with van der Waals surface area (Å²) in [5, 5.41) is 3.27. The lowest BCUT2D eigenvalue weighted by Gasteiger charge is -2.17. The predicted molar refractivity (Wildman–Crippen MR) is 98.5 cm³/mol. The molecular weight excluding hydrogens is 254 g/mol. The van der Waals surface area contributed by atoms with Gasteiger partial charge in [0.25, 0.3) is 0 Å². The number of anilines is 1. The molecule has 0 heterocycles. The van der Waals surface area contributed by atoms with Crippen molar-refractivity contribution in [2.45, 2.75) is 62.3 Å². The van der Waals surface area contributed by atoms with E-state index < -0.39 is 0 Å². The second kappa shape index (κ2) is 8.07. The molecule has 0 atom stereocenters. The molecular formula is C20H33N. The molecule has 1 aromatic rings. The van der Waals surface area contributed by atoms with Gasteiger partial charge >= 0.3 is 0 Å². The van der Waals surface area contributed by atoms with Crippen LogP contribution in [0.1, 0.15) is 55.5 Å². The highest BCUT2D eigenvalue weighted by Gasteiger charge is 2.10. The number of hydrogen-bond donors (Lipinski definition) is 1. The lowest BCUT2D eigenvalue weighted by molar-refractivity contribution is 1.17. The van der Waals surface area contributed by atoms with Crippen LogP contribution in [-0.4, -0.2) is 7.05 Å². The lowest BCUT2D eigenvalue weighted by atomic mass is 9.93. The number of nitrogens with one attached hydrogen (secondary N) is 1. The average Bonchev–Trinajstić information content (AvgIpc) is 2.80. The number of allylic oxidation sites excluding steroid dienone is 4. The van der Waals surface area contributed by atoms with E-state index in [2.05, 4.69) is 65.9 Å². The summed E-state index contributed by atoms with van der Waals surface area (Å²) in [4.78, 5) is 0. The Morgan fingerprint density at radius 1 is 0.667 bits per heavy atom. The van der Waals surface area contributed by atoms with E-state index in [9.17, 15) is 0 Å². The van der Waals surface area contributed by atoms with Crippen molar-refractivity contribution >= 4 is 5.69 Å². The first-order valence-corrected chi connectivity index (χ1v) is 7.39. The molecule has 1 nitrogen and oxygen atoms in total. The average molecular weight is 287 g/mol. The van der Waals surface area contributed by atoms with E-state index in [1.807, 2.05) is 7.05 Å². The van der Waals surface area contributed by atoms with E-state index in [0.717, 1.165) is 6.42 Å². The maximum Gasteiger partial charge on any atom is 0.0402 e. The molecule has 0 saturated heterocycles. The van der Waals surface area contributed by atoms with Crippen LogP contribution in [0.3, 0.4) is 0 Å². The highest BCUT2D eigenvalue weighted by Crippen LogP contribution is 2.29. The SMILES string of the molecule is C.CC1=CCC=C1C.CNc1c(C)c(C)c(C)c(C)c1C. The van der Waals surface area contributed by atoms with Crippen LogP contribution in [0.5, 0.6) is 0 Å². The fourth-order valence-electron chi connectivity index (χ4n) is 2.61. The molecule has 0 aliphatic heterocycles. The summed E-state index contributed by atoms with van der Waals surface area (Å²) in [6.45, 7) is 15.2. The van der Waals surface area contributed by atoms with E-state index in [1.54, 1.807) is 0 Å². The molecule has 1 N–H and O–H groups in total. The van der Waals surface area contributed by atoms with Gasteiger partial charge in [0.15, 0.2) is 0 Å². The highest BCUT2D eigenvalue weighted by atomic mass is 14.8. The van der Waals surface area contributed by atoms with Crippen LogP contribution in [0.25, 0.3) is 0 Å². The van der Waals surface area contributed by atoms with Crippen LogP contribution < -0.4 is 5.32 Å². The van der Waals surface area contributed by atoms with Gasteiger partial charge in [-0.3, -0.25) is 0 Å². The van der Waals surface area contributed by atoms with Gasteiger partial charge in [0, 0.05) is 12.7 Å². The lowest BCUT2D eigenvalue weighted by Crippen LogP contribution is -2.02. The predicted octanol–water partition coefficient (Wildman–Crippen LogP) is 6.19. The summed E-state index contributed by atoms with van der Waals surface area (Å²) in [6, 6.07) is 0. The third-order valence-electron chi connectivity index (χ3n) is 4.72. The summed E-state index contributed by atoms with van der Waals surface area (Å²) in [5.74, 6) is 0. The molecule has 0 aromatic heterocycles. The van der Waals surface area contributed by atoms with Crippen LogP contribution in [0.15, 0.2) is 23.3 Å². The molecule has 1 aliphatic rings. The van der Waals surface area contributed by atoms with Gasteiger partial charge in [-0.15, -0.1) is 0 Å². The maximum atomic E-state index is 3.27. The summed E-state index contributed by atoms with van der Waals surface area (Å²) >= 11 is 0. The molecule has 118 valence electrons. The Balaban J connectivity index is 0.000000425. The largest absolute Gasteiger partial charge is 0.388 e. The van der Waals surface area contributed by atoms with Crippen molar-refractivity contribution in [3.63, 3.8) is 0 Å². The van der Waals surface area contributed by atoms with Crippen molar-refractivity contribution in [1.29, 1.82) is 0 Å². The molecule has 1 heteroatoms. The van der Waals surface area contributed by atoms with Crippen molar-refractivity contribution in [1.82, 2.24) is 0 Å². The molecule has 0 unspecified atom stereocenters. The Morgan fingerprint density at radius 2 is 1.00 bits per heavy atom. The molecule has 0 radical (unpaired) electrons. The minimum absolute atomic E-state index is 0. The topological polar surface area (TPSA) is 12.0 Å². The fraction of sp³-hybridized carbons (Fsp3) is 0.500. The second-order valence-corrected chi connectivity index (χ2v) is 5.76. The monoisotopic (exact) mass is 287 g/mol. The van der Waals surface area contributed by atoms with Crippen LogP contribution in [0.2, 0.25) is 0 Å². The van der Waals surface area contributed by atoms with Gasteiger partial charge in [-0.1, -0.05) is 30.7 Å². The molecule has 0 bridgehead atoms. The van der Waals surface area contributed by atoms with Gasteiger partial charge in [-0.25, -0.2) is 0 Å². The van der Waals surface area contributed by atoms with E-state index in [1.165, 1.54) is 44.7 Å². The minimum Gasteiger partial charge on any atom is -0.388 e. The highest BCUT2D eigenvalue weighted by molar-refractivity contribution is 5.64. The third kappa shape index (κ3) is 4.23. The van der Waals surface area contributed by atoms with Gasteiger partial charge in [0.2, 0.25) is 0 Å². The Hall–Kier alpha value is -1.50. The van der Waals surface area contributed by atoms with Crippen molar-refractivity contribution in [2.75, 3.05) is 12.4 Å². The van der Waals surface area contributed by atoms with E-state index in [0.29, 0.717) is 0 Å². The van der Waals surface area contributed by atoms with Gasteiger partial charge in [0.05, 0.1) is 0 Å². The van der Waals surface area contributed by atoms with Crippen molar-refractivity contribution < 1.29 is 0 Å². The molecule has 0 spiro atoms. The summed E-state index contributed by atoms with van der Waals surface area (Å²) in [5.41, 5.74) is 11.2. The quantitative estimate of drug-likeness (QED) is 0.649. The van der Waals surface area contributed by atoms with Crippen LogP contribution in [0.4, 0.5) is 5.69 Å². The molecule has 0 fully saturated rings. The zero-order chi connectivity index (χ0) is 15.4. The smallest absolute Gasteiger partial charge is 0.0402 e. The summed E-state index contributed by atoms with van der Waals surface area (Å²) in [7, 11) is 1.99. The molecule has 0 amide bonds. The molecule has 2 rings (SSSR count). The second-order valence-electron chi connectivity index (χ2n) is 5.76. The fourth-order valence-corrected chi connectivity index (χ4v) is 2.61. The summed E-state index contributed by atoms with van der Waals surface area (Å²) in [6.07, 6.45) is 5.64.